The summed E-state index contributed by atoms with van der Waals surface area (Å²) in [5.41, 5.74) is 0. The van der Waals surface area contributed by atoms with E-state index in [1.165, 1.54) is 4.88 Å². The van der Waals surface area contributed by atoms with E-state index in [0.29, 0.717) is 13.0 Å². The van der Waals surface area contributed by atoms with Crippen LogP contribution < -0.4 is 0 Å². The molecule has 1 aliphatic rings. The van der Waals surface area contributed by atoms with Gasteiger partial charge in [0.25, 0.3) is 0 Å². The smallest absolute Gasteiger partial charge is 0.114 e. The summed E-state index contributed by atoms with van der Waals surface area (Å²) >= 11 is 1.75. The maximum absolute atomic E-state index is 12.8. The van der Waals surface area contributed by atoms with Crippen molar-refractivity contribution in [2.45, 2.75) is 19.1 Å². The fraction of sp³-hybridized carbons (Fsp3) is 0.556. The Morgan fingerprint density at radius 3 is 3.17 bits per heavy atom. The molecule has 1 saturated heterocycles. The van der Waals surface area contributed by atoms with Crippen LogP contribution in [0.1, 0.15) is 11.3 Å². The first kappa shape index (κ1) is 8.20. The second kappa shape index (κ2) is 3.54. The number of hydrogen-bond acceptors (Lipinski definition) is 2. The largest absolute Gasteiger partial charge is 0.295 e. The van der Waals surface area contributed by atoms with Crippen LogP contribution in [-0.2, 0) is 6.54 Å². The fourth-order valence-electron chi connectivity index (χ4n) is 1.55. The molecule has 0 spiro atoms. The van der Waals surface area contributed by atoms with Crippen LogP contribution in [0.25, 0.3) is 0 Å². The van der Waals surface area contributed by atoms with Gasteiger partial charge in [-0.25, -0.2) is 4.39 Å². The van der Waals surface area contributed by atoms with Crippen molar-refractivity contribution in [3.63, 3.8) is 0 Å². The second-order valence-electron chi connectivity index (χ2n) is 3.20. The summed E-state index contributed by atoms with van der Waals surface area (Å²) in [4.78, 5) is 3.51. The van der Waals surface area contributed by atoms with E-state index in [2.05, 4.69) is 16.3 Å². The number of rotatable bonds is 2. The van der Waals surface area contributed by atoms with Gasteiger partial charge in [0.2, 0.25) is 0 Å². The van der Waals surface area contributed by atoms with E-state index >= 15 is 0 Å². The monoisotopic (exact) mass is 185 g/mol. The van der Waals surface area contributed by atoms with Crippen molar-refractivity contribution in [2.24, 2.45) is 0 Å². The molecule has 0 radical (unpaired) electrons. The van der Waals surface area contributed by atoms with Crippen LogP contribution in [0.5, 0.6) is 0 Å². The molecule has 0 N–H and O–H groups in total. The Morgan fingerprint density at radius 2 is 2.58 bits per heavy atom. The number of likely N-dealkylation sites (tertiary alicyclic amines) is 1. The molecule has 0 amide bonds. The van der Waals surface area contributed by atoms with E-state index < -0.39 is 6.17 Å². The van der Waals surface area contributed by atoms with Gasteiger partial charge in [-0.3, -0.25) is 4.90 Å². The van der Waals surface area contributed by atoms with Crippen LogP contribution in [0.3, 0.4) is 0 Å². The zero-order chi connectivity index (χ0) is 8.39. The Bertz CT molecular complexity index is 235. The predicted molar refractivity (Wildman–Crippen MR) is 49.1 cm³/mol. The maximum Gasteiger partial charge on any atom is 0.114 e. The van der Waals surface area contributed by atoms with Crippen LogP contribution >= 0.6 is 11.3 Å². The minimum atomic E-state index is -0.593. The summed E-state index contributed by atoms with van der Waals surface area (Å²) in [6.07, 6.45) is 0.121. The van der Waals surface area contributed by atoms with Gasteiger partial charge in [-0.1, -0.05) is 6.07 Å². The van der Waals surface area contributed by atoms with Gasteiger partial charge in [0.15, 0.2) is 0 Å². The summed E-state index contributed by atoms with van der Waals surface area (Å²) in [6, 6.07) is 4.15. The first-order valence-corrected chi connectivity index (χ1v) is 5.11. The molecule has 3 heteroatoms. The van der Waals surface area contributed by atoms with Gasteiger partial charge < -0.3 is 0 Å². The molecule has 1 aromatic rings. The molecule has 0 saturated carbocycles. The zero-order valence-corrected chi connectivity index (χ0v) is 7.69. The van der Waals surface area contributed by atoms with Crippen molar-refractivity contribution in [1.82, 2.24) is 4.90 Å². The molecule has 1 nitrogen and oxygen atoms in total. The molecular formula is C9H12FNS. The van der Waals surface area contributed by atoms with Crippen molar-refractivity contribution in [2.75, 3.05) is 13.1 Å². The molecule has 0 aromatic carbocycles. The third-order valence-corrected chi connectivity index (χ3v) is 3.04. The predicted octanol–water partition coefficient (Wildman–Crippen LogP) is 2.29. The number of halogens is 1. The average Bonchev–Trinajstić information content (AvgIpc) is 2.63. The van der Waals surface area contributed by atoms with Crippen molar-refractivity contribution in [1.29, 1.82) is 0 Å². The highest BCUT2D eigenvalue weighted by Crippen LogP contribution is 2.17. The first-order chi connectivity index (χ1) is 5.84. The first-order valence-electron chi connectivity index (χ1n) is 4.23. The van der Waals surface area contributed by atoms with Gasteiger partial charge in [-0.15, -0.1) is 11.3 Å². The molecule has 1 unspecified atom stereocenters. The standard InChI is InChI=1S/C9H12FNS/c10-8-3-4-11(6-8)7-9-2-1-5-12-9/h1-2,5,8H,3-4,6-7H2. The Hall–Kier alpha value is -0.410. The van der Waals surface area contributed by atoms with Gasteiger partial charge in [0.1, 0.15) is 6.17 Å². The summed E-state index contributed by atoms with van der Waals surface area (Å²) in [6.45, 7) is 2.47. The molecule has 1 aliphatic heterocycles. The molecule has 66 valence electrons. The lowest BCUT2D eigenvalue weighted by molar-refractivity contribution is 0.284. The maximum atomic E-state index is 12.8. The lowest BCUT2D eigenvalue weighted by atomic mass is 10.3. The van der Waals surface area contributed by atoms with E-state index in [-0.39, 0.29) is 0 Å². The topological polar surface area (TPSA) is 3.24 Å². The highest BCUT2D eigenvalue weighted by molar-refractivity contribution is 7.09. The molecule has 0 bridgehead atoms. The molecule has 1 fully saturated rings. The normalized spacial score (nSPS) is 24.9. The second-order valence-corrected chi connectivity index (χ2v) is 4.23. The van der Waals surface area contributed by atoms with Gasteiger partial charge in [0, 0.05) is 24.5 Å². The third-order valence-electron chi connectivity index (χ3n) is 2.17. The molecule has 2 rings (SSSR count). The summed E-state index contributed by atoms with van der Waals surface area (Å²) < 4.78 is 12.8. The van der Waals surface area contributed by atoms with E-state index in [1.54, 1.807) is 11.3 Å². The van der Waals surface area contributed by atoms with Crippen LogP contribution in [0.4, 0.5) is 4.39 Å². The SMILES string of the molecule is FC1CCN(Cc2cccs2)C1. The summed E-state index contributed by atoms with van der Waals surface area (Å²) in [5, 5.41) is 2.07. The molecule has 0 aliphatic carbocycles. The van der Waals surface area contributed by atoms with Gasteiger partial charge in [-0.2, -0.15) is 0 Å². The number of thiophene rings is 1. The summed E-state index contributed by atoms with van der Waals surface area (Å²) in [5.74, 6) is 0. The molecule has 12 heavy (non-hydrogen) atoms. The summed E-state index contributed by atoms with van der Waals surface area (Å²) in [7, 11) is 0. The van der Waals surface area contributed by atoms with Crippen molar-refractivity contribution >= 4 is 11.3 Å². The average molecular weight is 185 g/mol. The number of nitrogens with zero attached hydrogens (tertiary/aromatic N) is 1. The van der Waals surface area contributed by atoms with E-state index in [4.69, 9.17) is 0 Å². The van der Waals surface area contributed by atoms with E-state index in [0.717, 1.165) is 13.1 Å². The van der Waals surface area contributed by atoms with Crippen LogP contribution in [0.15, 0.2) is 17.5 Å². The van der Waals surface area contributed by atoms with Gasteiger partial charge in [-0.05, 0) is 17.9 Å². The van der Waals surface area contributed by atoms with Crippen molar-refractivity contribution in [3.05, 3.63) is 22.4 Å². The third kappa shape index (κ3) is 1.84. The lowest BCUT2D eigenvalue weighted by Crippen LogP contribution is -2.19. The van der Waals surface area contributed by atoms with E-state index in [9.17, 15) is 4.39 Å². The van der Waals surface area contributed by atoms with Gasteiger partial charge >= 0.3 is 0 Å². The van der Waals surface area contributed by atoms with Crippen LogP contribution in [-0.4, -0.2) is 24.2 Å². The molecule has 1 aromatic heterocycles. The Kier molecular flexibility index (Phi) is 2.42. The Morgan fingerprint density at radius 1 is 1.67 bits per heavy atom. The van der Waals surface area contributed by atoms with Crippen LogP contribution in [0, 0.1) is 0 Å². The minimum Gasteiger partial charge on any atom is -0.295 e. The van der Waals surface area contributed by atoms with E-state index in [1.807, 2.05) is 6.07 Å². The molecule has 2 heterocycles. The number of alkyl halides is 1. The van der Waals surface area contributed by atoms with Crippen molar-refractivity contribution in [3.8, 4) is 0 Å². The Labute approximate surface area is 75.8 Å². The van der Waals surface area contributed by atoms with Crippen molar-refractivity contribution < 1.29 is 4.39 Å². The molecule has 1 atom stereocenters. The highest BCUT2D eigenvalue weighted by Gasteiger charge is 2.21. The lowest BCUT2D eigenvalue weighted by Gasteiger charge is -2.12. The van der Waals surface area contributed by atoms with Gasteiger partial charge in [0.05, 0.1) is 0 Å². The fourth-order valence-corrected chi connectivity index (χ4v) is 2.30. The highest BCUT2D eigenvalue weighted by atomic mass is 32.1. The zero-order valence-electron chi connectivity index (χ0n) is 6.87. The molecular weight excluding hydrogens is 173 g/mol. The number of hydrogen-bond donors (Lipinski definition) is 0. The quantitative estimate of drug-likeness (QED) is 0.683. The van der Waals surface area contributed by atoms with Crippen LogP contribution in [0.2, 0.25) is 0 Å². The minimum absolute atomic E-state index is 0.593. The Balaban J connectivity index is 1.88.